The first-order valence-electron chi connectivity index (χ1n) is 8.48. The SMILES string of the molecule is Cc1cnc(CCNC(=O)c2cnc3c(c2)ncn3C(C)C)c(C)c1. The van der Waals surface area contributed by atoms with Crippen LogP contribution < -0.4 is 5.32 Å². The van der Waals surface area contributed by atoms with Gasteiger partial charge in [-0.15, -0.1) is 0 Å². The van der Waals surface area contributed by atoms with E-state index in [0.717, 1.165) is 28.0 Å². The first-order chi connectivity index (χ1) is 12.0. The van der Waals surface area contributed by atoms with Gasteiger partial charge < -0.3 is 9.88 Å². The van der Waals surface area contributed by atoms with Crippen molar-refractivity contribution >= 4 is 17.1 Å². The molecule has 25 heavy (non-hydrogen) atoms. The third kappa shape index (κ3) is 3.68. The Morgan fingerprint density at radius 3 is 2.68 bits per heavy atom. The number of aryl methyl sites for hydroxylation is 2. The average molecular weight is 337 g/mol. The fourth-order valence-corrected chi connectivity index (χ4v) is 2.82. The van der Waals surface area contributed by atoms with Crippen LogP contribution in [0.4, 0.5) is 0 Å². The summed E-state index contributed by atoms with van der Waals surface area (Å²) >= 11 is 0. The molecule has 0 aromatic carbocycles. The van der Waals surface area contributed by atoms with Gasteiger partial charge in [-0.3, -0.25) is 9.78 Å². The molecule has 0 atom stereocenters. The Morgan fingerprint density at radius 2 is 1.96 bits per heavy atom. The highest BCUT2D eigenvalue weighted by molar-refractivity contribution is 5.96. The Bertz CT molecular complexity index is 913. The van der Waals surface area contributed by atoms with Crippen molar-refractivity contribution in [3.8, 4) is 0 Å². The number of nitrogens with zero attached hydrogens (tertiary/aromatic N) is 4. The van der Waals surface area contributed by atoms with Crippen LogP contribution in [0.2, 0.25) is 0 Å². The Morgan fingerprint density at radius 1 is 1.16 bits per heavy atom. The van der Waals surface area contributed by atoms with Gasteiger partial charge in [0.05, 0.1) is 11.9 Å². The fourth-order valence-electron chi connectivity index (χ4n) is 2.82. The Balaban J connectivity index is 1.66. The van der Waals surface area contributed by atoms with E-state index in [4.69, 9.17) is 0 Å². The number of imidazole rings is 1. The second-order valence-electron chi connectivity index (χ2n) is 6.59. The minimum Gasteiger partial charge on any atom is -0.352 e. The van der Waals surface area contributed by atoms with Gasteiger partial charge in [-0.25, -0.2) is 9.97 Å². The van der Waals surface area contributed by atoms with Crippen LogP contribution in [0.15, 0.2) is 30.9 Å². The zero-order chi connectivity index (χ0) is 18.0. The second-order valence-corrected chi connectivity index (χ2v) is 6.59. The monoisotopic (exact) mass is 337 g/mol. The molecule has 130 valence electrons. The van der Waals surface area contributed by atoms with Crippen molar-refractivity contribution < 1.29 is 4.79 Å². The molecule has 6 heteroatoms. The molecule has 6 nitrogen and oxygen atoms in total. The van der Waals surface area contributed by atoms with E-state index in [9.17, 15) is 4.79 Å². The number of rotatable bonds is 5. The van der Waals surface area contributed by atoms with Crippen LogP contribution in [0, 0.1) is 13.8 Å². The van der Waals surface area contributed by atoms with Gasteiger partial charge in [0.15, 0.2) is 5.65 Å². The van der Waals surface area contributed by atoms with Crippen molar-refractivity contribution in [1.82, 2.24) is 24.8 Å². The molecule has 0 spiro atoms. The number of aromatic nitrogens is 4. The van der Waals surface area contributed by atoms with Crippen LogP contribution in [0.25, 0.3) is 11.2 Å². The third-order valence-electron chi connectivity index (χ3n) is 4.20. The molecule has 0 radical (unpaired) electrons. The van der Waals surface area contributed by atoms with Crippen molar-refractivity contribution in [3.63, 3.8) is 0 Å². The highest BCUT2D eigenvalue weighted by Crippen LogP contribution is 2.16. The lowest BCUT2D eigenvalue weighted by molar-refractivity contribution is 0.0954. The normalized spacial score (nSPS) is 11.2. The van der Waals surface area contributed by atoms with Crippen LogP contribution in [0.1, 0.15) is 47.1 Å². The molecule has 3 rings (SSSR count). The zero-order valence-electron chi connectivity index (χ0n) is 15.1. The minimum atomic E-state index is -0.140. The molecule has 1 N–H and O–H groups in total. The standard InChI is InChI=1S/C19H23N5O/c1-12(2)24-11-23-17-8-15(10-22-18(17)24)19(25)20-6-5-16-14(4)7-13(3)9-21-16/h7-12H,5-6H2,1-4H3,(H,20,25). The lowest BCUT2D eigenvalue weighted by atomic mass is 10.1. The topological polar surface area (TPSA) is 72.7 Å². The van der Waals surface area contributed by atoms with Gasteiger partial charge in [-0.2, -0.15) is 0 Å². The summed E-state index contributed by atoms with van der Waals surface area (Å²) in [6.45, 7) is 8.75. The molecule has 0 aliphatic heterocycles. The van der Waals surface area contributed by atoms with Crippen molar-refractivity contribution in [2.24, 2.45) is 0 Å². The van der Waals surface area contributed by atoms with E-state index in [1.165, 1.54) is 0 Å². The van der Waals surface area contributed by atoms with Gasteiger partial charge in [-0.05, 0) is 44.9 Å². The second kappa shape index (κ2) is 7.01. The fraction of sp³-hybridized carbons (Fsp3) is 0.368. The summed E-state index contributed by atoms with van der Waals surface area (Å²) in [7, 11) is 0. The van der Waals surface area contributed by atoms with Crippen molar-refractivity contribution in [1.29, 1.82) is 0 Å². The highest BCUT2D eigenvalue weighted by atomic mass is 16.1. The van der Waals surface area contributed by atoms with E-state index in [2.05, 4.69) is 40.2 Å². The number of carbonyl (C=O) groups is 1. The minimum absolute atomic E-state index is 0.140. The van der Waals surface area contributed by atoms with Gasteiger partial charge in [-0.1, -0.05) is 6.07 Å². The number of hydrogen-bond donors (Lipinski definition) is 1. The largest absolute Gasteiger partial charge is 0.352 e. The summed E-state index contributed by atoms with van der Waals surface area (Å²) in [6.07, 6.45) is 5.92. The van der Waals surface area contributed by atoms with Crippen molar-refractivity contribution in [2.45, 2.75) is 40.2 Å². The molecule has 0 bridgehead atoms. The first kappa shape index (κ1) is 17.1. The summed E-state index contributed by atoms with van der Waals surface area (Å²) in [4.78, 5) is 25.5. The molecule has 0 saturated heterocycles. The number of carbonyl (C=O) groups excluding carboxylic acids is 1. The van der Waals surface area contributed by atoms with Crippen molar-refractivity contribution in [3.05, 3.63) is 53.2 Å². The van der Waals surface area contributed by atoms with Crippen LogP contribution >= 0.6 is 0 Å². The molecule has 1 amide bonds. The maximum Gasteiger partial charge on any atom is 0.252 e. The van der Waals surface area contributed by atoms with E-state index < -0.39 is 0 Å². The number of fused-ring (bicyclic) bond motifs is 1. The van der Waals surface area contributed by atoms with Gasteiger partial charge in [0, 0.05) is 37.1 Å². The molecule has 0 unspecified atom stereocenters. The molecule has 0 aliphatic rings. The molecular formula is C19H23N5O. The molecule has 0 saturated carbocycles. The van der Waals surface area contributed by atoms with Crippen LogP contribution in [0.3, 0.4) is 0 Å². The van der Waals surface area contributed by atoms with E-state index in [-0.39, 0.29) is 11.9 Å². The van der Waals surface area contributed by atoms with Gasteiger partial charge in [0.25, 0.3) is 5.91 Å². The van der Waals surface area contributed by atoms with Gasteiger partial charge in [0.2, 0.25) is 0 Å². The molecule has 0 aliphatic carbocycles. The van der Waals surface area contributed by atoms with Crippen molar-refractivity contribution in [2.75, 3.05) is 6.54 Å². The molecule has 3 aromatic heterocycles. The lowest BCUT2D eigenvalue weighted by Gasteiger charge is -2.08. The van der Waals surface area contributed by atoms with Crippen LogP contribution in [-0.2, 0) is 6.42 Å². The van der Waals surface area contributed by atoms with E-state index in [1.807, 2.05) is 24.6 Å². The Labute approximate surface area is 147 Å². The molecule has 3 aromatic rings. The number of amides is 1. The lowest BCUT2D eigenvalue weighted by Crippen LogP contribution is -2.26. The van der Waals surface area contributed by atoms with Gasteiger partial charge >= 0.3 is 0 Å². The summed E-state index contributed by atoms with van der Waals surface area (Å²) < 4.78 is 1.99. The zero-order valence-corrected chi connectivity index (χ0v) is 15.1. The number of nitrogens with one attached hydrogen (secondary N) is 1. The predicted molar refractivity (Wildman–Crippen MR) is 97.7 cm³/mol. The maximum absolute atomic E-state index is 12.4. The Kier molecular flexibility index (Phi) is 4.79. The average Bonchev–Trinajstić information content (AvgIpc) is 3.00. The number of pyridine rings is 2. The van der Waals surface area contributed by atoms with E-state index in [0.29, 0.717) is 18.5 Å². The summed E-state index contributed by atoms with van der Waals surface area (Å²) in [5, 5.41) is 2.93. The van der Waals surface area contributed by atoms with E-state index >= 15 is 0 Å². The number of hydrogen-bond acceptors (Lipinski definition) is 4. The smallest absolute Gasteiger partial charge is 0.252 e. The predicted octanol–water partition coefficient (Wildman–Crippen LogP) is 3.00. The molecular weight excluding hydrogens is 314 g/mol. The molecule has 3 heterocycles. The third-order valence-corrected chi connectivity index (χ3v) is 4.20. The quantitative estimate of drug-likeness (QED) is 0.777. The van der Waals surface area contributed by atoms with Crippen LogP contribution in [0.5, 0.6) is 0 Å². The maximum atomic E-state index is 12.4. The summed E-state index contributed by atoms with van der Waals surface area (Å²) in [5.41, 5.74) is 5.36. The van der Waals surface area contributed by atoms with E-state index in [1.54, 1.807) is 18.6 Å². The molecule has 0 fully saturated rings. The summed E-state index contributed by atoms with van der Waals surface area (Å²) in [5.74, 6) is -0.140. The summed E-state index contributed by atoms with van der Waals surface area (Å²) in [6, 6.07) is 4.17. The Hall–Kier alpha value is -2.76. The van der Waals surface area contributed by atoms with Gasteiger partial charge in [0.1, 0.15) is 5.52 Å². The first-order valence-corrected chi connectivity index (χ1v) is 8.48. The highest BCUT2D eigenvalue weighted by Gasteiger charge is 2.12. The van der Waals surface area contributed by atoms with Crippen LogP contribution in [-0.4, -0.2) is 32.0 Å².